The summed E-state index contributed by atoms with van der Waals surface area (Å²) in [4.78, 5) is 24.9. The fourth-order valence-corrected chi connectivity index (χ4v) is 3.92. The molecule has 142 valence electrons. The molecule has 6 rings (SSSR count). The quantitative estimate of drug-likeness (QED) is 0.478. The third-order valence-electron chi connectivity index (χ3n) is 5.62. The van der Waals surface area contributed by atoms with Crippen LogP contribution in [0, 0.1) is 5.92 Å². The van der Waals surface area contributed by atoms with E-state index < -0.39 is 0 Å². The fourth-order valence-electron chi connectivity index (χ4n) is 3.92. The monoisotopic (exact) mass is 381 g/mol. The summed E-state index contributed by atoms with van der Waals surface area (Å²) >= 11 is 0. The highest BCUT2D eigenvalue weighted by Gasteiger charge is 2.23. The molecule has 6 nitrogen and oxygen atoms in total. The number of pyridine rings is 1. The van der Waals surface area contributed by atoms with Crippen molar-refractivity contribution in [3.8, 4) is 0 Å². The number of fused-ring (bicyclic) bond motifs is 4. The Morgan fingerprint density at radius 2 is 1.90 bits per heavy atom. The van der Waals surface area contributed by atoms with Crippen LogP contribution < -0.4 is 10.9 Å². The highest BCUT2D eigenvalue weighted by molar-refractivity contribution is 6.08. The first-order valence-corrected chi connectivity index (χ1v) is 9.89. The topological polar surface area (TPSA) is 75.6 Å². The molecule has 29 heavy (non-hydrogen) atoms. The van der Waals surface area contributed by atoms with E-state index in [1.165, 1.54) is 18.2 Å². The Labute approximate surface area is 166 Å². The Morgan fingerprint density at radius 3 is 2.79 bits per heavy atom. The van der Waals surface area contributed by atoms with Gasteiger partial charge >= 0.3 is 0 Å². The SMILES string of the molecule is O=c1ccc2cnc(Nc3ccc4[nH]c5ccccc5c4c3)nc2n1CC1CC1. The maximum absolute atomic E-state index is 12.4. The zero-order chi connectivity index (χ0) is 19.4. The summed E-state index contributed by atoms with van der Waals surface area (Å²) in [6.07, 6.45) is 4.14. The van der Waals surface area contributed by atoms with E-state index in [2.05, 4.69) is 44.5 Å². The van der Waals surface area contributed by atoms with Gasteiger partial charge in [-0.25, -0.2) is 4.98 Å². The Bertz CT molecular complexity index is 1440. The molecule has 0 amide bonds. The Balaban J connectivity index is 1.42. The maximum atomic E-state index is 12.4. The standard InChI is InChI=1S/C23H19N5O/c29-21-10-7-15-12-24-23(27-22(15)28(21)13-14-5-6-14)25-16-8-9-20-18(11-16)17-3-1-2-4-19(17)26-20/h1-4,7-12,14,26H,5-6,13H2,(H,24,25,27). The van der Waals surface area contributed by atoms with Gasteiger partial charge in [-0.05, 0) is 49.1 Å². The minimum atomic E-state index is -0.00531. The highest BCUT2D eigenvalue weighted by Crippen LogP contribution is 2.31. The number of aromatic nitrogens is 4. The first-order chi connectivity index (χ1) is 14.2. The average Bonchev–Trinajstić information content (AvgIpc) is 3.49. The molecule has 6 heteroatoms. The van der Waals surface area contributed by atoms with Crippen molar-refractivity contribution in [1.82, 2.24) is 19.5 Å². The number of benzene rings is 2. The number of hydrogen-bond donors (Lipinski definition) is 2. The van der Waals surface area contributed by atoms with Crippen LogP contribution in [0.15, 0.2) is 65.6 Å². The molecule has 1 aliphatic carbocycles. The van der Waals surface area contributed by atoms with E-state index in [0.29, 0.717) is 17.5 Å². The van der Waals surface area contributed by atoms with Crippen LogP contribution in [0.4, 0.5) is 11.6 Å². The predicted molar refractivity (Wildman–Crippen MR) is 116 cm³/mol. The molecule has 1 fully saturated rings. The molecule has 0 saturated heterocycles. The number of para-hydroxylation sites is 1. The Kier molecular flexibility index (Phi) is 3.47. The number of rotatable bonds is 4. The van der Waals surface area contributed by atoms with Crippen LogP contribution in [0.5, 0.6) is 0 Å². The minimum Gasteiger partial charge on any atom is -0.355 e. The van der Waals surface area contributed by atoms with Crippen LogP contribution in [0.3, 0.4) is 0 Å². The number of anilines is 2. The van der Waals surface area contributed by atoms with Crippen molar-refractivity contribution in [1.29, 1.82) is 0 Å². The molecule has 0 spiro atoms. The van der Waals surface area contributed by atoms with Crippen LogP contribution in [0.2, 0.25) is 0 Å². The van der Waals surface area contributed by atoms with E-state index >= 15 is 0 Å². The van der Waals surface area contributed by atoms with Gasteiger partial charge in [-0.3, -0.25) is 9.36 Å². The first kappa shape index (κ1) is 16.3. The van der Waals surface area contributed by atoms with Crippen LogP contribution in [0.1, 0.15) is 12.8 Å². The molecular formula is C23H19N5O. The molecule has 0 bridgehead atoms. The zero-order valence-electron chi connectivity index (χ0n) is 15.7. The molecule has 1 aliphatic rings. The van der Waals surface area contributed by atoms with Crippen molar-refractivity contribution in [2.24, 2.45) is 5.92 Å². The molecule has 0 atom stereocenters. The van der Waals surface area contributed by atoms with Gasteiger partial charge in [0.05, 0.1) is 0 Å². The Morgan fingerprint density at radius 1 is 1.03 bits per heavy atom. The molecular weight excluding hydrogens is 362 g/mol. The van der Waals surface area contributed by atoms with Crippen LogP contribution >= 0.6 is 0 Å². The molecule has 2 aromatic carbocycles. The van der Waals surface area contributed by atoms with Crippen molar-refractivity contribution in [2.45, 2.75) is 19.4 Å². The van der Waals surface area contributed by atoms with Gasteiger partial charge in [0.2, 0.25) is 5.95 Å². The van der Waals surface area contributed by atoms with Crippen LogP contribution in [0.25, 0.3) is 32.8 Å². The van der Waals surface area contributed by atoms with E-state index in [-0.39, 0.29) is 5.56 Å². The van der Waals surface area contributed by atoms with Gasteiger partial charge in [0, 0.05) is 51.7 Å². The molecule has 1 saturated carbocycles. The summed E-state index contributed by atoms with van der Waals surface area (Å²) in [7, 11) is 0. The highest BCUT2D eigenvalue weighted by atomic mass is 16.1. The van der Waals surface area contributed by atoms with Crippen molar-refractivity contribution < 1.29 is 0 Å². The van der Waals surface area contributed by atoms with Gasteiger partial charge in [0.1, 0.15) is 5.65 Å². The largest absolute Gasteiger partial charge is 0.355 e. The van der Waals surface area contributed by atoms with E-state index in [1.54, 1.807) is 22.9 Å². The summed E-state index contributed by atoms with van der Waals surface area (Å²) in [6, 6.07) is 17.8. The zero-order valence-corrected chi connectivity index (χ0v) is 15.7. The van der Waals surface area contributed by atoms with Gasteiger partial charge in [-0.1, -0.05) is 18.2 Å². The molecule has 0 aliphatic heterocycles. The summed E-state index contributed by atoms with van der Waals surface area (Å²) in [5, 5.41) is 6.52. The maximum Gasteiger partial charge on any atom is 0.252 e. The molecule has 3 heterocycles. The second kappa shape index (κ2) is 6.17. The number of nitrogens with zero attached hydrogens (tertiary/aromatic N) is 3. The van der Waals surface area contributed by atoms with Crippen molar-refractivity contribution in [3.63, 3.8) is 0 Å². The van der Waals surface area contributed by atoms with E-state index in [0.717, 1.165) is 34.0 Å². The lowest BCUT2D eigenvalue weighted by Crippen LogP contribution is -2.21. The third-order valence-corrected chi connectivity index (χ3v) is 5.62. The normalized spacial score (nSPS) is 14.1. The van der Waals surface area contributed by atoms with Crippen LogP contribution in [-0.2, 0) is 6.54 Å². The minimum absolute atomic E-state index is 0.00531. The average molecular weight is 381 g/mol. The molecule has 0 unspecified atom stereocenters. The summed E-state index contributed by atoms with van der Waals surface area (Å²) in [5.74, 6) is 1.08. The van der Waals surface area contributed by atoms with Gasteiger partial charge in [-0.2, -0.15) is 4.98 Å². The predicted octanol–water partition coefficient (Wildman–Crippen LogP) is 4.58. The Hall–Kier alpha value is -3.67. The van der Waals surface area contributed by atoms with E-state index in [4.69, 9.17) is 0 Å². The van der Waals surface area contributed by atoms with Crippen molar-refractivity contribution in [3.05, 3.63) is 71.1 Å². The number of hydrogen-bond acceptors (Lipinski definition) is 4. The van der Waals surface area contributed by atoms with Crippen molar-refractivity contribution in [2.75, 3.05) is 5.32 Å². The second-order valence-electron chi connectivity index (χ2n) is 7.75. The summed E-state index contributed by atoms with van der Waals surface area (Å²) < 4.78 is 1.78. The lowest BCUT2D eigenvalue weighted by atomic mass is 10.1. The number of H-pyrrole nitrogens is 1. The summed E-state index contributed by atoms with van der Waals surface area (Å²) in [6.45, 7) is 0.730. The summed E-state index contributed by atoms with van der Waals surface area (Å²) in [5.41, 5.74) is 3.80. The second-order valence-corrected chi connectivity index (χ2v) is 7.75. The molecule has 2 N–H and O–H groups in total. The molecule has 3 aromatic heterocycles. The number of aromatic amines is 1. The number of nitrogens with one attached hydrogen (secondary N) is 2. The van der Waals surface area contributed by atoms with Gasteiger partial charge in [-0.15, -0.1) is 0 Å². The van der Waals surface area contributed by atoms with Gasteiger partial charge in [0.25, 0.3) is 5.56 Å². The van der Waals surface area contributed by atoms with Crippen molar-refractivity contribution >= 4 is 44.5 Å². The first-order valence-electron chi connectivity index (χ1n) is 9.89. The lowest BCUT2D eigenvalue weighted by molar-refractivity contribution is 0.622. The van der Waals surface area contributed by atoms with Gasteiger partial charge in [0.15, 0.2) is 0 Å². The van der Waals surface area contributed by atoms with E-state index in [9.17, 15) is 4.79 Å². The van der Waals surface area contributed by atoms with Gasteiger partial charge < -0.3 is 10.3 Å². The molecule has 0 radical (unpaired) electrons. The third kappa shape index (κ3) is 2.84. The fraction of sp³-hybridized carbons (Fsp3) is 0.174. The smallest absolute Gasteiger partial charge is 0.252 e. The van der Waals surface area contributed by atoms with E-state index in [1.807, 2.05) is 18.2 Å². The molecule has 5 aromatic rings. The van der Waals surface area contributed by atoms with Crippen LogP contribution in [-0.4, -0.2) is 19.5 Å². The lowest BCUT2D eigenvalue weighted by Gasteiger charge is -2.10.